The number of anilines is 1. The van der Waals surface area contributed by atoms with Gasteiger partial charge in [0.2, 0.25) is 0 Å². The van der Waals surface area contributed by atoms with Crippen LogP contribution in [0.5, 0.6) is 0 Å². The first-order valence-electron chi connectivity index (χ1n) is 4.96. The summed E-state index contributed by atoms with van der Waals surface area (Å²) in [5.74, 6) is 0.891. The molecule has 1 heterocycles. The van der Waals surface area contributed by atoms with E-state index in [1.807, 2.05) is 30.3 Å². The number of fused-ring (bicyclic) bond motifs is 1. The van der Waals surface area contributed by atoms with Crippen LogP contribution in [0, 0.1) is 0 Å². The second-order valence-corrected chi connectivity index (χ2v) is 3.24. The van der Waals surface area contributed by atoms with E-state index in [1.54, 1.807) is 6.33 Å². The van der Waals surface area contributed by atoms with Gasteiger partial charge in [-0.1, -0.05) is 18.2 Å². The second kappa shape index (κ2) is 4.55. The van der Waals surface area contributed by atoms with E-state index in [2.05, 4.69) is 21.9 Å². The van der Waals surface area contributed by atoms with Gasteiger partial charge in [-0.3, -0.25) is 0 Å². The van der Waals surface area contributed by atoms with E-state index in [0.29, 0.717) is 0 Å². The SMILES string of the molecule is C=CCCNc1ncnc2ccccc12. The van der Waals surface area contributed by atoms with Gasteiger partial charge in [-0.25, -0.2) is 9.97 Å². The van der Waals surface area contributed by atoms with Gasteiger partial charge in [-0.15, -0.1) is 6.58 Å². The van der Waals surface area contributed by atoms with Gasteiger partial charge in [0.1, 0.15) is 12.1 Å². The Balaban J connectivity index is 2.30. The third-order valence-corrected chi connectivity index (χ3v) is 2.18. The zero-order valence-corrected chi connectivity index (χ0v) is 8.48. The smallest absolute Gasteiger partial charge is 0.137 e. The monoisotopic (exact) mass is 199 g/mol. The van der Waals surface area contributed by atoms with Crippen molar-refractivity contribution in [3.63, 3.8) is 0 Å². The molecule has 2 rings (SSSR count). The minimum atomic E-state index is 0.852. The Morgan fingerprint density at radius 2 is 2.13 bits per heavy atom. The molecule has 0 aliphatic rings. The Bertz CT molecular complexity index is 460. The third kappa shape index (κ3) is 2.13. The molecule has 0 radical (unpaired) electrons. The molecule has 3 nitrogen and oxygen atoms in total. The molecule has 1 aromatic carbocycles. The number of rotatable bonds is 4. The summed E-state index contributed by atoms with van der Waals surface area (Å²) >= 11 is 0. The minimum absolute atomic E-state index is 0.852. The van der Waals surface area contributed by atoms with Crippen molar-refractivity contribution in [1.82, 2.24) is 9.97 Å². The van der Waals surface area contributed by atoms with Gasteiger partial charge < -0.3 is 5.32 Å². The van der Waals surface area contributed by atoms with Crippen LogP contribution in [0.4, 0.5) is 5.82 Å². The normalized spacial score (nSPS) is 10.1. The fourth-order valence-corrected chi connectivity index (χ4v) is 1.44. The highest BCUT2D eigenvalue weighted by Gasteiger charge is 2.00. The zero-order chi connectivity index (χ0) is 10.5. The maximum Gasteiger partial charge on any atom is 0.137 e. The summed E-state index contributed by atoms with van der Waals surface area (Å²) in [4.78, 5) is 8.42. The quantitative estimate of drug-likeness (QED) is 0.607. The van der Waals surface area contributed by atoms with E-state index >= 15 is 0 Å². The van der Waals surface area contributed by atoms with Gasteiger partial charge in [0.05, 0.1) is 5.52 Å². The van der Waals surface area contributed by atoms with Crippen LogP contribution < -0.4 is 5.32 Å². The summed E-state index contributed by atoms with van der Waals surface area (Å²) < 4.78 is 0. The molecule has 0 saturated heterocycles. The number of hydrogen-bond acceptors (Lipinski definition) is 3. The molecular formula is C12H13N3. The average Bonchev–Trinajstić information content (AvgIpc) is 2.30. The molecule has 2 aromatic rings. The van der Waals surface area contributed by atoms with Crippen molar-refractivity contribution in [2.75, 3.05) is 11.9 Å². The Morgan fingerprint density at radius 3 is 3.00 bits per heavy atom. The van der Waals surface area contributed by atoms with E-state index in [0.717, 1.165) is 29.7 Å². The molecule has 15 heavy (non-hydrogen) atoms. The van der Waals surface area contributed by atoms with Crippen molar-refractivity contribution in [1.29, 1.82) is 0 Å². The van der Waals surface area contributed by atoms with Crippen molar-refractivity contribution < 1.29 is 0 Å². The van der Waals surface area contributed by atoms with E-state index in [1.165, 1.54) is 0 Å². The topological polar surface area (TPSA) is 37.8 Å². The summed E-state index contributed by atoms with van der Waals surface area (Å²) in [5.41, 5.74) is 0.966. The van der Waals surface area contributed by atoms with Crippen molar-refractivity contribution >= 4 is 16.7 Å². The van der Waals surface area contributed by atoms with Crippen molar-refractivity contribution in [3.05, 3.63) is 43.2 Å². The van der Waals surface area contributed by atoms with Crippen LogP contribution in [0.1, 0.15) is 6.42 Å². The first-order chi connectivity index (χ1) is 7.42. The summed E-state index contributed by atoms with van der Waals surface area (Å²) in [6.07, 6.45) is 4.40. The molecule has 3 heteroatoms. The molecule has 0 aliphatic heterocycles. The van der Waals surface area contributed by atoms with Gasteiger partial charge in [-0.2, -0.15) is 0 Å². The van der Waals surface area contributed by atoms with Gasteiger partial charge in [-0.05, 0) is 18.6 Å². The van der Waals surface area contributed by atoms with Crippen LogP contribution in [-0.2, 0) is 0 Å². The fourth-order valence-electron chi connectivity index (χ4n) is 1.44. The van der Waals surface area contributed by atoms with E-state index in [9.17, 15) is 0 Å². The van der Waals surface area contributed by atoms with Gasteiger partial charge >= 0.3 is 0 Å². The molecule has 0 aliphatic carbocycles. The van der Waals surface area contributed by atoms with Gasteiger partial charge in [0.25, 0.3) is 0 Å². The van der Waals surface area contributed by atoms with Crippen LogP contribution >= 0.6 is 0 Å². The van der Waals surface area contributed by atoms with Crippen LogP contribution in [0.15, 0.2) is 43.2 Å². The highest BCUT2D eigenvalue weighted by molar-refractivity contribution is 5.88. The van der Waals surface area contributed by atoms with Crippen LogP contribution in [-0.4, -0.2) is 16.5 Å². The first-order valence-corrected chi connectivity index (χ1v) is 4.96. The number of para-hydroxylation sites is 1. The largest absolute Gasteiger partial charge is 0.369 e. The molecule has 0 spiro atoms. The number of benzene rings is 1. The lowest BCUT2D eigenvalue weighted by molar-refractivity contribution is 1.05. The molecule has 0 unspecified atom stereocenters. The Kier molecular flexibility index (Phi) is 2.93. The zero-order valence-electron chi connectivity index (χ0n) is 8.48. The molecular weight excluding hydrogens is 186 g/mol. The highest BCUT2D eigenvalue weighted by atomic mass is 15.0. The van der Waals surface area contributed by atoms with Crippen molar-refractivity contribution in [2.24, 2.45) is 0 Å². The predicted octanol–water partition coefficient (Wildman–Crippen LogP) is 2.62. The van der Waals surface area contributed by atoms with E-state index in [4.69, 9.17) is 0 Å². The lowest BCUT2D eigenvalue weighted by Gasteiger charge is -2.06. The molecule has 1 N–H and O–H groups in total. The van der Waals surface area contributed by atoms with Gasteiger partial charge in [0.15, 0.2) is 0 Å². The lowest BCUT2D eigenvalue weighted by atomic mass is 10.2. The van der Waals surface area contributed by atoms with Crippen LogP contribution in [0.3, 0.4) is 0 Å². The summed E-state index contributed by atoms with van der Waals surface area (Å²) in [7, 11) is 0. The van der Waals surface area contributed by atoms with Gasteiger partial charge in [0, 0.05) is 11.9 Å². The molecule has 0 fully saturated rings. The fraction of sp³-hybridized carbons (Fsp3) is 0.167. The maximum atomic E-state index is 4.22. The molecule has 0 atom stereocenters. The Labute approximate surface area is 88.9 Å². The van der Waals surface area contributed by atoms with Crippen molar-refractivity contribution in [2.45, 2.75) is 6.42 Å². The minimum Gasteiger partial charge on any atom is -0.369 e. The maximum absolute atomic E-state index is 4.22. The number of aromatic nitrogens is 2. The number of hydrogen-bond donors (Lipinski definition) is 1. The Hall–Kier alpha value is -1.90. The standard InChI is InChI=1S/C12H13N3/c1-2-3-8-13-12-10-6-4-5-7-11(10)14-9-15-12/h2,4-7,9H,1,3,8H2,(H,13,14,15). The average molecular weight is 199 g/mol. The summed E-state index contributed by atoms with van der Waals surface area (Å²) in [5, 5.41) is 4.33. The lowest BCUT2D eigenvalue weighted by Crippen LogP contribution is -2.03. The van der Waals surface area contributed by atoms with E-state index < -0.39 is 0 Å². The predicted molar refractivity (Wildman–Crippen MR) is 62.8 cm³/mol. The van der Waals surface area contributed by atoms with Crippen LogP contribution in [0.2, 0.25) is 0 Å². The second-order valence-electron chi connectivity index (χ2n) is 3.24. The number of nitrogens with one attached hydrogen (secondary N) is 1. The summed E-state index contributed by atoms with van der Waals surface area (Å²) in [6, 6.07) is 7.97. The first kappa shape index (κ1) is 9.65. The van der Waals surface area contributed by atoms with Crippen LogP contribution in [0.25, 0.3) is 10.9 Å². The molecule has 76 valence electrons. The Morgan fingerprint density at radius 1 is 1.27 bits per heavy atom. The molecule has 0 saturated carbocycles. The molecule has 1 aromatic heterocycles. The third-order valence-electron chi connectivity index (χ3n) is 2.18. The van der Waals surface area contributed by atoms with Crippen molar-refractivity contribution in [3.8, 4) is 0 Å². The number of nitrogens with zero attached hydrogens (tertiary/aromatic N) is 2. The molecule has 0 bridgehead atoms. The van der Waals surface area contributed by atoms with E-state index in [-0.39, 0.29) is 0 Å². The summed E-state index contributed by atoms with van der Waals surface area (Å²) in [6.45, 7) is 4.53. The highest BCUT2D eigenvalue weighted by Crippen LogP contribution is 2.17. The molecule has 0 amide bonds.